The van der Waals surface area contributed by atoms with Gasteiger partial charge in [0.05, 0.1) is 5.56 Å². The Morgan fingerprint density at radius 3 is 2.35 bits per heavy atom. The maximum Gasteiger partial charge on any atom is 0.335 e. The predicted molar refractivity (Wildman–Crippen MR) is 84.9 cm³/mol. The molecule has 3 nitrogen and oxygen atoms in total. The fourth-order valence-corrected chi connectivity index (χ4v) is 2.72. The van der Waals surface area contributed by atoms with Gasteiger partial charge in [0.1, 0.15) is 0 Å². The molecule has 0 amide bonds. The Labute approximate surface area is 134 Å². The van der Waals surface area contributed by atoms with E-state index in [4.69, 9.17) is 28.3 Å². The van der Waals surface area contributed by atoms with Gasteiger partial charge in [0.2, 0.25) is 0 Å². The zero-order valence-corrected chi connectivity index (χ0v) is 13.3. The van der Waals surface area contributed by atoms with Gasteiger partial charge in [-0.25, -0.2) is 4.79 Å². The van der Waals surface area contributed by atoms with Gasteiger partial charge in [-0.2, -0.15) is 0 Å². The molecular formula is C14H10BrCl2NO2. The first-order chi connectivity index (χ1) is 9.45. The van der Waals surface area contributed by atoms with Crippen molar-refractivity contribution in [1.29, 1.82) is 0 Å². The van der Waals surface area contributed by atoms with E-state index in [-0.39, 0.29) is 5.56 Å². The maximum absolute atomic E-state index is 10.9. The average Bonchev–Trinajstić information content (AvgIpc) is 2.36. The van der Waals surface area contributed by atoms with Gasteiger partial charge in [0.25, 0.3) is 0 Å². The highest BCUT2D eigenvalue weighted by atomic mass is 79.9. The molecule has 0 aromatic heterocycles. The topological polar surface area (TPSA) is 49.3 Å². The third-order valence-corrected chi connectivity index (χ3v) is 3.82. The summed E-state index contributed by atoms with van der Waals surface area (Å²) in [5, 5.41) is 13.2. The second-order valence-electron chi connectivity index (χ2n) is 4.12. The fourth-order valence-electron chi connectivity index (χ4n) is 1.68. The Balaban J connectivity index is 2.12. The maximum atomic E-state index is 10.9. The van der Waals surface area contributed by atoms with Crippen molar-refractivity contribution in [3.63, 3.8) is 0 Å². The van der Waals surface area contributed by atoms with Gasteiger partial charge in [-0.3, -0.25) is 0 Å². The molecule has 2 aromatic rings. The number of carbonyl (C=O) groups is 1. The number of halogens is 3. The van der Waals surface area contributed by atoms with E-state index >= 15 is 0 Å². The van der Waals surface area contributed by atoms with E-state index in [1.807, 2.05) is 0 Å². The molecule has 0 heterocycles. The molecule has 0 aliphatic heterocycles. The highest BCUT2D eigenvalue weighted by molar-refractivity contribution is 9.10. The van der Waals surface area contributed by atoms with Crippen molar-refractivity contribution < 1.29 is 9.90 Å². The van der Waals surface area contributed by atoms with Gasteiger partial charge in [0.15, 0.2) is 0 Å². The monoisotopic (exact) mass is 373 g/mol. The minimum Gasteiger partial charge on any atom is -0.478 e. The Hall–Kier alpha value is -1.23. The van der Waals surface area contributed by atoms with E-state index in [1.54, 1.807) is 36.4 Å². The molecule has 104 valence electrons. The molecule has 0 saturated heterocycles. The lowest BCUT2D eigenvalue weighted by atomic mass is 10.1. The lowest BCUT2D eigenvalue weighted by Crippen LogP contribution is -2.02. The normalized spacial score (nSPS) is 10.3. The van der Waals surface area contributed by atoms with Gasteiger partial charge < -0.3 is 10.4 Å². The summed E-state index contributed by atoms with van der Waals surface area (Å²) in [6.45, 7) is 0.525. The summed E-state index contributed by atoms with van der Waals surface area (Å²) < 4.78 is 0.734. The van der Waals surface area contributed by atoms with Crippen molar-refractivity contribution in [2.75, 3.05) is 5.32 Å². The lowest BCUT2D eigenvalue weighted by molar-refractivity contribution is 0.0697. The number of hydrogen-bond acceptors (Lipinski definition) is 2. The molecule has 0 aliphatic carbocycles. The van der Waals surface area contributed by atoms with Crippen molar-refractivity contribution in [3.05, 3.63) is 62.0 Å². The highest BCUT2D eigenvalue weighted by Crippen LogP contribution is 2.24. The summed E-state index contributed by atoms with van der Waals surface area (Å²) in [6.07, 6.45) is 0. The van der Waals surface area contributed by atoms with Crippen LogP contribution in [0.5, 0.6) is 0 Å². The van der Waals surface area contributed by atoms with Crippen LogP contribution >= 0.6 is 39.1 Å². The standard InChI is InChI=1S/C14H10BrCl2NO2/c15-13-3-8(14(19)20)1-2-9(13)7-18-12-5-10(16)4-11(17)6-12/h1-6,18H,7H2,(H,19,20). The van der Waals surface area contributed by atoms with Crippen LogP contribution in [0.3, 0.4) is 0 Å². The van der Waals surface area contributed by atoms with Crippen LogP contribution in [0, 0.1) is 0 Å². The quantitative estimate of drug-likeness (QED) is 0.785. The minimum atomic E-state index is -0.952. The average molecular weight is 375 g/mol. The van der Waals surface area contributed by atoms with Gasteiger partial charge in [-0.15, -0.1) is 0 Å². The number of carboxylic acids is 1. The van der Waals surface area contributed by atoms with Crippen LogP contribution in [0.15, 0.2) is 40.9 Å². The van der Waals surface area contributed by atoms with Crippen LogP contribution < -0.4 is 5.32 Å². The predicted octanol–water partition coefficient (Wildman–Crippen LogP) is 5.07. The summed E-state index contributed by atoms with van der Waals surface area (Å²) in [6, 6.07) is 10.1. The highest BCUT2D eigenvalue weighted by Gasteiger charge is 2.07. The van der Waals surface area contributed by atoms with Crippen LogP contribution in [0.1, 0.15) is 15.9 Å². The van der Waals surface area contributed by atoms with Crippen LogP contribution in [-0.2, 0) is 6.54 Å². The van der Waals surface area contributed by atoms with Crippen molar-refractivity contribution in [2.45, 2.75) is 6.54 Å². The molecule has 0 fully saturated rings. The molecule has 0 radical (unpaired) electrons. The molecule has 0 unspecified atom stereocenters. The number of aromatic carboxylic acids is 1. The van der Waals surface area contributed by atoms with E-state index in [2.05, 4.69) is 21.2 Å². The van der Waals surface area contributed by atoms with Crippen molar-refractivity contribution in [2.24, 2.45) is 0 Å². The summed E-state index contributed by atoms with van der Waals surface area (Å²) in [5.41, 5.74) is 1.98. The van der Waals surface area contributed by atoms with Gasteiger partial charge in [0, 0.05) is 26.8 Å². The Bertz CT molecular complexity index is 641. The van der Waals surface area contributed by atoms with Gasteiger partial charge in [-0.1, -0.05) is 45.2 Å². The zero-order chi connectivity index (χ0) is 14.7. The van der Waals surface area contributed by atoms with Crippen LogP contribution in [0.2, 0.25) is 10.0 Å². The molecule has 0 bridgehead atoms. The molecule has 0 atom stereocenters. The number of rotatable bonds is 4. The molecule has 0 saturated carbocycles. The van der Waals surface area contributed by atoms with Crippen LogP contribution in [0.25, 0.3) is 0 Å². The molecule has 2 aromatic carbocycles. The molecule has 0 aliphatic rings. The zero-order valence-electron chi connectivity index (χ0n) is 10.2. The molecular weight excluding hydrogens is 365 g/mol. The summed E-state index contributed by atoms with van der Waals surface area (Å²) in [4.78, 5) is 10.9. The second-order valence-corrected chi connectivity index (χ2v) is 5.85. The van der Waals surface area contributed by atoms with Crippen LogP contribution in [-0.4, -0.2) is 11.1 Å². The van der Waals surface area contributed by atoms with Gasteiger partial charge >= 0.3 is 5.97 Å². The van der Waals surface area contributed by atoms with Crippen molar-refractivity contribution in [3.8, 4) is 0 Å². The third kappa shape index (κ3) is 3.88. The number of anilines is 1. The number of nitrogens with one attached hydrogen (secondary N) is 1. The van der Waals surface area contributed by atoms with Crippen molar-refractivity contribution in [1.82, 2.24) is 0 Å². The first kappa shape index (κ1) is 15.2. The SMILES string of the molecule is O=C(O)c1ccc(CNc2cc(Cl)cc(Cl)c2)c(Br)c1. The Morgan fingerprint density at radius 2 is 1.80 bits per heavy atom. The summed E-state index contributed by atoms with van der Waals surface area (Å²) in [5.74, 6) is -0.952. The Morgan fingerprint density at radius 1 is 1.15 bits per heavy atom. The first-order valence-electron chi connectivity index (χ1n) is 5.67. The molecule has 0 spiro atoms. The number of hydrogen-bond donors (Lipinski definition) is 2. The number of carboxylic acid groups (broad SMARTS) is 1. The minimum absolute atomic E-state index is 0.242. The Kier molecular flexibility index (Phi) is 4.91. The first-order valence-corrected chi connectivity index (χ1v) is 7.22. The molecule has 2 N–H and O–H groups in total. The van der Waals surface area contributed by atoms with E-state index in [9.17, 15) is 4.79 Å². The van der Waals surface area contributed by atoms with Crippen molar-refractivity contribution >= 4 is 50.8 Å². The second kappa shape index (κ2) is 6.48. The summed E-state index contributed by atoms with van der Waals surface area (Å²) in [7, 11) is 0. The largest absolute Gasteiger partial charge is 0.478 e. The summed E-state index contributed by atoms with van der Waals surface area (Å²) >= 11 is 15.2. The molecule has 2 rings (SSSR count). The third-order valence-electron chi connectivity index (χ3n) is 2.65. The number of benzene rings is 2. The van der Waals surface area contributed by atoms with Crippen LogP contribution in [0.4, 0.5) is 5.69 Å². The molecule has 20 heavy (non-hydrogen) atoms. The lowest BCUT2D eigenvalue weighted by Gasteiger charge is -2.10. The smallest absolute Gasteiger partial charge is 0.335 e. The van der Waals surface area contributed by atoms with Gasteiger partial charge in [-0.05, 0) is 35.9 Å². The molecule has 6 heteroatoms. The van der Waals surface area contributed by atoms with E-state index in [0.29, 0.717) is 16.6 Å². The van der Waals surface area contributed by atoms with E-state index < -0.39 is 5.97 Å². The fraction of sp³-hybridized carbons (Fsp3) is 0.0714. The van der Waals surface area contributed by atoms with E-state index in [0.717, 1.165) is 15.7 Å². The van der Waals surface area contributed by atoms with E-state index in [1.165, 1.54) is 0 Å².